The lowest BCUT2D eigenvalue weighted by atomic mass is 10.1. The Balaban J connectivity index is 2.13. The highest BCUT2D eigenvalue weighted by Crippen LogP contribution is 2.28. The van der Waals surface area contributed by atoms with Crippen LogP contribution < -0.4 is 15.4 Å². The van der Waals surface area contributed by atoms with Crippen molar-refractivity contribution in [2.75, 3.05) is 11.9 Å². The molecule has 0 aliphatic heterocycles. The molecule has 0 radical (unpaired) electrons. The number of carbonyl (C=O) groups excluding carboxylic acids is 2. The van der Waals surface area contributed by atoms with Crippen molar-refractivity contribution in [2.24, 2.45) is 0 Å². The molecule has 0 fully saturated rings. The third kappa shape index (κ3) is 5.44. The van der Waals surface area contributed by atoms with Crippen LogP contribution in [0.5, 0.6) is 5.75 Å². The van der Waals surface area contributed by atoms with Crippen molar-refractivity contribution in [1.29, 1.82) is 0 Å². The second-order valence-electron chi connectivity index (χ2n) is 6.16. The Morgan fingerprint density at radius 1 is 1.22 bits per heavy atom. The molecule has 0 aliphatic carbocycles. The number of ether oxygens (including phenoxy) is 1. The van der Waals surface area contributed by atoms with Crippen molar-refractivity contribution in [3.8, 4) is 5.75 Å². The van der Waals surface area contributed by atoms with Gasteiger partial charge in [0, 0.05) is 11.0 Å². The topological polar surface area (TPSA) is 67.4 Å². The molecule has 2 aromatic rings. The molecule has 0 saturated heterocycles. The Hall–Kier alpha value is -2.60. The predicted molar refractivity (Wildman–Crippen MR) is 111 cm³/mol. The van der Waals surface area contributed by atoms with Gasteiger partial charge in [0.15, 0.2) is 6.10 Å². The first-order valence-electron chi connectivity index (χ1n) is 8.56. The molecule has 2 rings (SSSR count). The predicted octanol–water partition coefficient (Wildman–Crippen LogP) is 4.39. The lowest BCUT2D eigenvalue weighted by Crippen LogP contribution is -2.32. The Morgan fingerprint density at radius 2 is 1.85 bits per heavy atom. The molecule has 1 unspecified atom stereocenters. The van der Waals surface area contributed by atoms with Gasteiger partial charge in [-0.05, 0) is 56.2 Å². The number of nitrogens with one attached hydrogen (secondary N) is 2. The molecule has 2 amide bonds. The molecule has 0 aliphatic rings. The van der Waals surface area contributed by atoms with E-state index in [1.807, 2.05) is 26.0 Å². The van der Waals surface area contributed by atoms with Crippen molar-refractivity contribution in [3.63, 3.8) is 0 Å². The summed E-state index contributed by atoms with van der Waals surface area (Å²) in [5, 5.41) is 5.49. The minimum absolute atomic E-state index is 0.279. The number of halogens is 1. The number of amides is 2. The van der Waals surface area contributed by atoms with Crippen LogP contribution in [0.4, 0.5) is 5.69 Å². The molecular weight excluding hydrogens is 408 g/mol. The van der Waals surface area contributed by atoms with Gasteiger partial charge in [-0.3, -0.25) is 9.59 Å². The van der Waals surface area contributed by atoms with Gasteiger partial charge in [-0.25, -0.2) is 0 Å². The average Bonchev–Trinajstić information content (AvgIpc) is 2.62. The van der Waals surface area contributed by atoms with Crippen molar-refractivity contribution < 1.29 is 14.3 Å². The second-order valence-corrected chi connectivity index (χ2v) is 7.08. The van der Waals surface area contributed by atoms with Crippen LogP contribution in [-0.4, -0.2) is 24.5 Å². The van der Waals surface area contributed by atoms with Gasteiger partial charge < -0.3 is 15.4 Å². The summed E-state index contributed by atoms with van der Waals surface area (Å²) in [6, 6.07) is 10.7. The van der Waals surface area contributed by atoms with Gasteiger partial charge in [-0.15, -0.1) is 6.58 Å². The fraction of sp³-hybridized carbons (Fsp3) is 0.238. The fourth-order valence-corrected chi connectivity index (χ4v) is 3.28. The maximum absolute atomic E-state index is 12.6. The summed E-state index contributed by atoms with van der Waals surface area (Å²) in [7, 11) is 0. The number of rotatable bonds is 7. The number of anilines is 1. The normalized spacial score (nSPS) is 11.4. The zero-order valence-corrected chi connectivity index (χ0v) is 17.2. The monoisotopic (exact) mass is 430 g/mol. The van der Waals surface area contributed by atoms with Crippen LogP contribution in [0, 0.1) is 13.8 Å². The molecule has 2 N–H and O–H groups in total. The molecule has 0 heterocycles. The molecule has 0 saturated carbocycles. The molecular formula is C21H23BrN2O3. The minimum Gasteiger partial charge on any atom is -0.480 e. The summed E-state index contributed by atoms with van der Waals surface area (Å²) in [5.41, 5.74) is 2.69. The van der Waals surface area contributed by atoms with Crippen molar-refractivity contribution >= 4 is 33.4 Å². The van der Waals surface area contributed by atoms with Crippen LogP contribution in [0.15, 0.2) is 53.5 Å². The molecule has 27 heavy (non-hydrogen) atoms. The highest BCUT2D eigenvalue weighted by atomic mass is 79.9. The summed E-state index contributed by atoms with van der Waals surface area (Å²) in [5.74, 6) is 0.0671. The smallest absolute Gasteiger partial charge is 0.265 e. The van der Waals surface area contributed by atoms with Crippen molar-refractivity contribution in [2.45, 2.75) is 26.9 Å². The zero-order chi connectivity index (χ0) is 20.0. The standard InChI is InChI=1S/C21H23BrN2O3/c1-5-10-23-21(26)17-8-6-7-9-18(17)24-20(25)15(4)27-19-13(2)11-16(22)12-14(19)3/h5-9,11-12,15H,1,10H2,2-4H3,(H,23,26)(H,24,25). The van der Waals surface area contributed by atoms with Gasteiger partial charge in [-0.1, -0.05) is 34.1 Å². The summed E-state index contributed by atoms with van der Waals surface area (Å²) in [6.45, 7) is 9.46. The molecule has 5 nitrogen and oxygen atoms in total. The van der Waals surface area contributed by atoms with Gasteiger partial charge in [0.1, 0.15) is 5.75 Å². The van der Waals surface area contributed by atoms with Gasteiger partial charge in [-0.2, -0.15) is 0 Å². The molecule has 0 aromatic heterocycles. The van der Waals surface area contributed by atoms with Crippen LogP contribution in [0.25, 0.3) is 0 Å². The average molecular weight is 431 g/mol. The molecule has 6 heteroatoms. The van der Waals surface area contributed by atoms with E-state index in [0.717, 1.165) is 15.6 Å². The minimum atomic E-state index is -0.729. The second kappa shape index (κ2) is 9.37. The van der Waals surface area contributed by atoms with Crippen LogP contribution in [0.2, 0.25) is 0 Å². The fourth-order valence-electron chi connectivity index (χ4n) is 2.60. The van der Waals surface area contributed by atoms with Crippen LogP contribution >= 0.6 is 15.9 Å². The van der Waals surface area contributed by atoms with Crippen LogP contribution in [0.3, 0.4) is 0 Å². The Morgan fingerprint density at radius 3 is 2.48 bits per heavy atom. The van der Waals surface area contributed by atoms with Gasteiger partial charge in [0.25, 0.3) is 11.8 Å². The zero-order valence-electron chi connectivity index (χ0n) is 15.6. The highest BCUT2D eigenvalue weighted by Gasteiger charge is 2.20. The molecule has 142 valence electrons. The first-order chi connectivity index (χ1) is 12.8. The van der Waals surface area contributed by atoms with E-state index in [0.29, 0.717) is 23.5 Å². The maximum atomic E-state index is 12.6. The highest BCUT2D eigenvalue weighted by molar-refractivity contribution is 9.10. The molecule has 2 aromatic carbocycles. The largest absolute Gasteiger partial charge is 0.480 e. The number of hydrogen-bond acceptors (Lipinski definition) is 3. The van der Waals surface area contributed by atoms with E-state index in [2.05, 4.69) is 33.1 Å². The van der Waals surface area contributed by atoms with Gasteiger partial charge in [0.2, 0.25) is 0 Å². The maximum Gasteiger partial charge on any atom is 0.265 e. The van der Waals surface area contributed by atoms with E-state index >= 15 is 0 Å². The van der Waals surface area contributed by atoms with E-state index in [9.17, 15) is 9.59 Å². The third-order valence-electron chi connectivity index (χ3n) is 3.93. The lowest BCUT2D eigenvalue weighted by molar-refractivity contribution is -0.122. The first-order valence-corrected chi connectivity index (χ1v) is 9.35. The number of benzene rings is 2. The van der Waals surface area contributed by atoms with E-state index in [4.69, 9.17) is 4.74 Å². The lowest BCUT2D eigenvalue weighted by Gasteiger charge is -2.19. The SMILES string of the molecule is C=CCNC(=O)c1ccccc1NC(=O)C(C)Oc1c(C)cc(Br)cc1C. The first kappa shape index (κ1) is 20.7. The van der Waals surface area contributed by atoms with E-state index in [1.165, 1.54) is 0 Å². The summed E-state index contributed by atoms with van der Waals surface area (Å²) in [6.07, 6.45) is 0.866. The Kier molecular flexibility index (Phi) is 7.19. The van der Waals surface area contributed by atoms with Gasteiger partial charge in [0.05, 0.1) is 11.3 Å². The van der Waals surface area contributed by atoms with Crippen LogP contribution in [-0.2, 0) is 4.79 Å². The summed E-state index contributed by atoms with van der Waals surface area (Å²) < 4.78 is 6.84. The number of aryl methyl sites for hydroxylation is 2. The van der Waals surface area contributed by atoms with E-state index in [-0.39, 0.29) is 11.8 Å². The van der Waals surface area contributed by atoms with E-state index < -0.39 is 6.10 Å². The number of hydrogen-bond donors (Lipinski definition) is 2. The number of carbonyl (C=O) groups is 2. The van der Waals surface area contributed by atoms with Gasteiger partial charge >= 0.3 is 0 Å². The number of para-hydroxylation sites is 1. The van der Waals surface area contributed by atoms with Crippen molar-refractivity contribution in [3.05, 3.63) is 70.2 Å². The summed E-state index contributed by atoms with van der Waals surface area (Å²) in [4.78, 5) is 24.8. The van der Waals surface area contributed by atoms with Crippen LogP contribution in [0.1, 0.15) is 28.4 Å². The third-order valence-corrected chi connectivity index (χ3v) is 4.38. The molecule has 1 atom stereocenters. The Bertz CT molecular complexity index is 841. The van der Waals surface area contributed by atoms with E-state index in [1.54, 1.807) is 37.3 Å². The molecule has 0 spiro atoms. The molecule has 0 bridgehead atoms. The Labute approximate surface area is 167 Å². The summed E-state index contributed by atoms with van der Waals surface area (Å²) >= 11 is 3.45. The quantitative estimate of drug-likeness (QED) is 0.640. The van der Waals surface area contributed by atoms with Crippen molar-refractivity contribution in [1.82, 2.24) is 5.32 Å².